The predicted octanol–water partition coefficient (Wildman–Crippen LogP) is 1.50. The zero-order chi connectivity index (χ0) is 15.9. The molecule has 0 fully saturated rings. The smallest absolute Gasteiger partial charge is 0.0897 e. The first-order valence-corrected chi connectivity index (χ1v) is 8.36. The van der Waals surface area contributed by atoms with Gasteiger partial charge >= 0.3 is 0 Å². The maximum Gasteiger partial charge on any atom is 0.0897 e. The molecule has 0 aliphatic carbocycles. The summed E-state index contributed by atoms with van der Waals surface area (Å²) >= 11 is 0. The highest BCUT2D eigenvalue weighted by atomic mass is 16.5. The predicted molar refractivity (Wildman–Crippen MR) is 87.8 cm³/mol. The van der Waals surface area contributed by atoms with Crippen molar-refractivity contribution in [1.82, 2.24) is 10.2 Å². The quantitative estimate of drug-likeness (QED) is 0.449. The van der Waals surface area contributed by atoms with Gasteiger partial charge in [0.1, 0.15) is 0 Å². The van der Waals surface area contributed by atoms with Gasteiger partial charge in [0.15, 0.2) is 0 Å². The maximum atomic E-state index is 9.77. The van der Waals surface area contributed by atoms with Crippen LogP contribution in [0.15, 0.2) is 0 Å². The Bertz CT molecular complexity index is 218. The minimum atomic E-state index is -0.449. The Kier molecular flexibility index (Phi) is 14.6. The monoisotopic (exact) mass is 304 g/mol. The van der Waals surface area contributed by atoms with E-state index < -0.39 is 6.10 Å². The molecule has 0 bridgehead atoms. The topological polar surface area (TPSA) is 54.0 Å². The molecule has 0 rings (SSSR count). The summed E-state index contributed by atoms with van der Waals surface area (Å²) in [6, 6.07) is 0.604. The van der Waals surface area contributed by atoms with Crippen LogP contribution in [-0.2, 0) is 9.47 Å². The fourth-order valence-electron chi connectivity index (χ4n) is 1.80. The van der Waals surface area contributed by atoms with Gasteiger partial charge in [-0.15, -0.1) is 0 Å². The van der Waals surface area contributed by atoms with E-state index in [1.165, 1.54) is 0 Å². The summed E-state index contributed by atoms with van der Waals surface area (Å²) in [5.41, 5.74) is 0. The molecule has 0 aliphatic rings. The number of nitrogens with zero attached hydrogens (tertiary/aromatic N) is 1. The number of aliphatic hydroxyl groups excluding tert-OH is 1. The van der Waals surface area contributed by atoms with Crippen LogP contribution >= 0.6 is 0 Å². The lowest BCUT2D eigenvalue weighted by atomic mass is 10.2. The van der Waals surface area contributed by atoms with Gasteiger partial charge in [0.25, 0.3) is 0 Å². The third-order valence-corrected chi connectivity index (χ3v) is 3.69. The first-order valence-electron chi connectivity index (χ1n) is 8.36. The molecule has 0 aliphatic heterocycles. The Morgan fingerprint density at radius 2 is 1.86 bits per heavy atom. The second-order valence-electron chi connectivity index (χ2n) is 5.64. The first kappa shape index (κ1) is 20.8. The third-order valence-electron chi connectivity index (χ3n) is 3.69. The fraction of sp³-hybridized carbons (Fsp3) is 1.00. The van der Waals surface area contributed by atoms with E-state index in [9.17, 15) is 5.11 Å². The van der Waals surface area contributed by atoms with E-state index >= 15 is 0 Å². The summed E-state index contributed by atoms with van der Waals surface area (Å²) in [6.45, 7) is 11.4. The summed E-state index contributed by atoms with van der Waals surface area (Å²) in [5, 5.41) is 13.0. The van der Waals surface area contributed by atoms with E-state index in [2.05, 4.69) is 38.0 Å². The van der Waals surface area contributed by atoms with Crippen LogP contribution in [0.5, 0.6) is 0 Å². The molecule has 2 unspecified atom stereocenters. The average molecular weight is 304 g/mol. The number of unbranched alkanes of at least 4 members (excludes halogenated alkanes) is 1. The number of nitrogens with one attached hydrogen (secondary N) is 1. The van der Waals surface area contributed by atoms with Crippen LogP contribution in [0.25, 0.3) is 0 Å². The van der Waals surface area contributed by atoms with Crippen molar-refractivity contribution in [3.63, 3.8) is 0 Å². The molecular weight excluding hydrogens is 268 g/mol. The molecule has 0 spiro atoms. The number of aliphatic hydroxyl groups is 1. The van der Waals surface area contributed by atoms with E-state index in [4.69, 9.17) is 9.47 Å². The zero-order valence-corrected chi connectivity index (χ0v) is 14.4. The molecule has 0 aromatic carbocycles. The van der Waals surface area contributed by atoms with Gasteiger partial charge in [-0.25, -0.2) is 0 Å². The Labute approximate surface area is 131 Å². The van der Waals surface area contributed by atoms with Crippen molar-refractivity contribution in [3.8, 4) is 0 Å². The van der Waals surface area contributed by atoms with E-state index in [1.54, 1.807) is 0 Å². The van der Waals surface area contributed by atoms with Gasteiger partial charge in [-0.1, -0.05) is 20.3 Å². The average Bonchev–Trinajstić information content (AvgIpc) is 2.49. The van der Waals surface area contributed by atoms with Gasteiger partial charge in [0.2, 0.25) is 0 Å². The molecule has 0 aromatic rings. The van der Waals surface area contributed by atoms with Crippen molar-refractivity contribution < 1.29 is 14.6 Å². The molecule has 2 atom stereocenters. The van der Waals surface area contributed by atoms with E-state index in [0.29, 0.717) is 32.4 Å². The van der Waals surface area contributed by atoms with Crippen molar-refractivity contribution >= 4 is 0 Å². The Morgan fingerprint density at radius 1 is 1.14 bits per heavy atom. The molecule has 21 heavy (non-hydrogen) atoms. The van der Waals surface area contributed by atoms with Crippen molar-refractivity contribution in [2.45, 2.75) is 52.2 Å². The van der Waals surface area contributed by atoms with Crippen LogP contribution in [0.1, 0.15) is 40.0 Å². The Morgan fingerprint density at radius 3 is 2.52 bits per heavy atom. The van der Waals surface area contributed by atoms with Gasteiger partial charge in [-0.3, -0.25) is 0 Å². The van der Waals surface area contributed by atoms with Crippen LogP contribution < -0.4 is 5.32 Å². The number of hydrogen-bond acceptors (Lipinski definition) is 5. The molecule has 0 saturated carbocycles. The van der Waals surface area contributed by atoms with E-state index in [-0.39, 0.29) is 0 Å². The Hall–Kier alpha value is -0.200. The van der Waals surface area contributed by atoms with Gasteiger partial charge in [0.05, 0.1) is 25.9 Å². The second-order valence-corrected chi connectivity index (χ2v) is 5.64. The van der Waals surface area contributed by atoms with Crippen molar-refractivity contribution in [1.29, 1.82) is 0 Å². The molecule has 0 heterocycles. The molecule has 0 amide bonds. The maximum absolute atomic E-state index is 9.77. The highest BCUT2D eigenvalue weighted by Gasteiger charge is 2.07. The van der Waals surface area contributed by atoms with Crippen LogP contribution in [0, 0.1) is 0 Å². The van der Waals surface area contributed by atoms with Crippen LogP contribution in [0.4, 0.5) is 0 Å². The van der Waals surface area contributed by atoms with Crippen LogP contribution in [0.2, 0.25) is 0 Å². The van der Waals surface area contributed by atoms with Crippen molar-refractivity contribution in [2.24, 2.45) is 0 Å². The van der Waals surface area contributed by atoms with Crippen LogP contribution in [-0.4, -0.2) is 75.3 Å². The lowest BCUT2D eigenvalue weighted by Gasteiger charge is -2.23. The van der Waals surface area contributed by atoms with Gasteiger partial charge in [0, 0.05) is 32.3 Å². The normalized spacial score (nSPS) is 14.6. The second kappa shape index (κ2) is 14.7. The zero-order valence-electron chi connectivity index (χ0n) is 14.4. The summed E-state index contributed by atoms with van der Waals surface area (Å²) in [7, 11) is 2.13. The lowest BCUT2D eigenvalue weighted by molar-refractivity contribution is 0.00384. The van der Waals surface area contributed by atoms with Crippen LogP contribution in [0.3, 0.4) is 0 Å². The summed E-state index contributed by atoms with van der Waals surface area (Å²) in [5.74, 6) is 0. The van der Waals surface area contributed by atoms with Gasteiger partial charge in [-0.05, 0) is 26.8 Å². The molecule has 128 valence electrons. The molecule has 0 saturated heterocycles. The molecule has 5 heteroatoms. The highest BCUT2D eigenvalue weighted by Crippen LogP contribution is 1.98. The van der Waals surface area contributed by atoms with Crippen molar-refractivity contribution in [3.05, 3.63) is 0 Å². The standard InChI is InChI=1S/C16H36N2O3/c1-5-7-10-20-11-12-21-14-16(19)13-17-8-9-18(4)15(3)6-2/h15-17,19H,5-14H2,1-4H3. The molecule has 2 N–H and O–H groups in total. The summed E-state index contributed by atoms with van der Waals surface area (Å²) in [4.78, 5) is 2.32. The fourth-order valence-corrected chi connectivity index (χ4v) is 1.80. The highest BCUT2D eigenvalue weighted by molar-refractivity contribution is 4.64. The molecule has 0 radical (unpaired) electrons. The molecular formula is C16H36N2O3. The lowest BCUT2D eigenvalue weighted by Crippen LogP contribution is -2.38. The molecule has 0 aromatic heterocycles. The van der Waals surface area contributed by atoms with Crippen molar-refractivity contribution in [2.75, 3.05) is 53.1 Å². The minimum Gasteiger partial charge on any atom is -0.389 e. The largest absolute Gasteiger partial charge is 0.389 e. The van der Waals surface area contributed by atoms with E-state index in [0.717, 1.165) is 39.0 Å². The number of rotatable bonds is 15. The van der Waals surface area contributed by atoms with Gasteiger partial charge in [-0.2, -0.15) is 0 Å². The third kappa shape index (κ3) is 13.2. The summed E-state index contributed by atoms with van der Waals surface area (Å²) in [6.07, 6.45) is 2.96. The Balaban J connectivity index is 3.32. The summed E-state index contributed by atoms with van der Waals surface area (Å²) < 4.78 is 10.8. The van der Waals surface area contributed by atoms with E-state index in [1.807, 2.05) is 0 Å². The number of ether oxygens (including phenoxy) is 2. The molecule has 5 nitrogen and oxygen atoms in total. The number of hydrogen-bond donors (Lipinski definition) is 2. The first-order chi connectivity index (χ1) is 10.1. The minimum absolute atomic E-state index is 0.366. The van der Waals surface area contributed by atoms with Gasteiger partial charge < -0.3 is 24.8 Å². The number of likely N-dealkylation sites (N-methyl/N-ethyl adjacent to an activating group) is 1. The SMILES string of the molecule is CCCCOCCOCC(O)CNCCN(C)C(C)CC.